The van der Waals surface area contributed by atoms with Gasteiger partial charge in [-0.3, -0.25) is 0 Å². The molecule has 1 fully saturated rings. The van der Waals surface area contributed by atoms with E-state index >= 15 is 0 Å². The van der Waals surface area contributed by atoms with Gasteiger partial charge < -0.3 is 10.2 Å². The number of nitrogens with one attached hydrogen (secondary N) is 1. The van der Waals surface area contributed by atoms with Crippen LogP contribution in [0, 0.1) is 5.92 Å². The molecule has 2 unspecified atom stereocenters. The molecule has 1 saturated carbocycles. The van der Waals surface area contributed by atoms with Crippen molar-refractivity contribution in [3.8, 4) is 0 Å². The zero-order valence-corrected chi connectivity index (χ0v) is 11.7. The minimum Gasteiger partial charge on any atom is -0.315 e. The van der Waals surface area contributed by atoms with Crippen LogP contribution in [-0.2, 0) is 0 Å². The van der Waals surface area contributed by atoms with Crippen LogP contribution in [0.5, 0.6) is 0 Å². The Bertz CT molecular complexity index is 332. The molecule has 0 bridgehead atoms. The van der Waals surface area contributed by atoms with Gasteiger partial charge in [0.2, 0.25) is 0 Å². The van der Waals surface area contributed by atoms with Crippen molar-refractivity contribution in [2.75, 3.05) is 32.7 Å². The average Bonchev–Trinajstić information content (AvgIpc) is 3.20. The van der Waals surface area contributed by atoms with Crippen LogP contribution in [0.4, 0.5) is 0 Å². The summed E-state index contributed by atoms with van der Waals surface area (Å²) in [6.07, 6.45) is 1.36. The van der Waals surface area contributed by atoms with Crippen molar-refractivity contribution in [2.45, 2.75) is 26.2 Å². The van der Waals surface area contributed by atoms with Crippen LogP contribution in [0.2, 0.25) is 0 Å². The van der Waals surface area contributed by atoms with Gasteiger partial charge in [-0.15, -0.1) is 0 Å². The van der Waals surface area contributed by atoms with Crippen LogP contribution in [0.1, 0.15) is 31.7 Å². The molecule has 100 valence electrons. The standard InChI is InChI=1S/C16H26N2/c1-3-18(4-2)11-10-17-13-15-12-16(15)14-8-6-5-7-9-14/h5-9,15-17H,3-4,10-13H2,1-2H3. The Hall–Kier alpha value is -0.860. The summed E-state index contributed by atoms with van der Waals surface area (Å²) in [5, 5.41) is 3.60. The Labute approximate surface area is 111 Å². The quantitative estimate of drug-likeness (QED) is 0.710. The Morgan fingerprint density at radius 3 is 2.56 bits per heavy atom. The third-order valence-corrected chi connectivity index (χ3v) is 4.06. The van der Waals surface area contributed by atoms with Gasteiger partial charge in [0, 0.05) is 13.1 Å². The number of hydrogen-bond donors (Lipinski definition) is 1. The first-order valence-electron chi connectivity index (χ1n) is 7.33. The molecule has 0 heterocycles. The molecule has 2 rings (SSSR count). The van der Waals surface area contributed by atoms with E-state index in [4.69, 9.17) is 0 Å². The van der Waals surface area contributed by atoms with Crippen molar-refractivity contribution in [1.82, 2.24) is 10.2 Å². The SMILES string of the molecule is CCN(CC)CCNCC1CC1c1ccccc1. The fraction of sp³-hybridized carbons (Fsp3) is 0.625. The van der Waals surface area contributed by atoms with E-state index in [2.05, 4.69) is 54.4 Å². The van der Waals surface area contributed by atoms with E-state index < -0.39 is 0 Å². The highest BCUT2D eigenvalue weighted by molar-refractivity contribution is 5.25. The summed E-state index contributed by atoms with van der Waals surface area (Å²) in [6, 6.07) is 10.9. The highest BCUT2D eigenvalue weighted by Crippen LogP contribution is 2.46. The van der Waals surface area contributed by atoms with E-state index in [-0.39, 0.29) is 0 Å². The predicted molar refractivity (Wildman–Crippen MR) is 77.9 cm³/mol. The monoisotopic (exact) mass is 246 g/mol. The lowest BCUT2D eigenvalue weighted by molar-refractivity contribution is 0.302. The van der Waals surface area contributed by atoms with Crippen LogP contribution in [-0.4, -0.2) is 37.6 Å². The molecular formula is C16H26N2. The normalized spacial score (nSPS) is 22.4. The van der Waals surface area contributed by atoms with Crippen LogP contribution in [0.3, 0.4) is 0 Å². The van der Waals surface area contributed by atoms with Gasteiger partial charge in [0.25, 0.3) is 0 Å². The molecule has 0 aliphatic heterocycles. The van der Waals surface area contributed by atoms with E-state index in [1.165, 1.54) is 25.1 Å². The van der Waals surface area contributed by atoms with Gasteiger partial charge in [-0.05, 0) is 43.5 Å². The number of likely N-dealkylation sites (N-methyl/N-ethyl adjacent to an activating group) is 1. The summed E-state index contributed by atoms with van der Waals surface area (Å²) < 4.78 is 0. The largest absolute Gasteiger partial charge is 0.315 e. The molecule has 0 aromatic heterocycles. The van der Waals surface area contributed by atoms with Crippen LogP contribution in [0.25, 0.3) is 0 Å². The molecule has 1 aromatic rings. The third-order valence-electron chi connectivity index (χ3n) is 4.06. The predicted octanol–water partition coefficient (Wildman–Crippen LogP) is 2.72. The van der Waals surface area contributed by atoms with Gasteiger partial charge in [-0.2, -0.15) is 0 Å². The zero-order valence-electron chi connectivity index (χ0n) is 11.7. The molecule has 2 atom stereocenters. The third kappa shape index (κ3) is 3.82. The minimum absolute atomic E-state index is 0.812. The fourth-order valence-corrected chi connectivity index (χ4v) is 2.65. The van der Waals surface area contributed by atoms with Gasteiger partial charge in [-0.25, -0.2) is 0 Å². The lowest BCUT2D eigenvalue weighted by Crippen LogP contribution is -2.32. The van der Waals surface area contributed by atoms with Crippen molar-refractivity contribution in [2.24, 2.45) is 5.92 Å². The van der Waals surface area contributed by atoms with Crippen LogP contribution >= 0.6 is 0 Å². The van der Waals surface area contributed by atoms with E-state index in [9.17, 15) is 0 Å². The number of rotatable bonds is 8. The maximum absolute atomic E-state index is 3.60. The van der Waals surface area contributed by atoms with Gasteiger partial charge in [-0.1, -0.05) is 44.2 Å². The first kappa shape index (κ1) is 13.6. The molecule has 1 N–H and O–H groups in total. The molecule has 1 aliphatic carbocycles. The summed E-state index contributed by atoms with van der Waals surface area (Å²) in [6.45, 7) is 10.3. The number of hydrogen-bond acceptors (Lipinski definition) is 2. The molecule has 0 amide bonds. The van der Waals surface area contributed by atoms with Crippen LogP contribution in [0.15, 0.2) is 30.3 Å². The number of nitrogens with zero attached hydrogens (tertiary/aromatic N) is 1. The fourth-order valence-electron chi connectivity index (χ4n) is 2.65. The Balaban J connectivity index is 1.60. The first-order valence-corrected chi connectivity index (χ1v) is 7.33. The summed E-state index contributed by atoms with van der Waals surface area (Å²) in [5.74, 6) is 1.68. The Morgan fingerprint density at radius 2 is 1.89 bits per heavy atom. The van der Waals surface area contributed by atoms with Crippen molar-refractivity contribution >= 4 is 0 Å². The highest BCUT2D eigenvalue weighted by atomic mass is 15.1. The minimum atomic E-state index is 0.812. The second-order valence-electron chi connectivity index (χ2n) is 5.24. The maximum atomic E-state index is 3.60. The van der Waals surface area contributed by atoms with Gasteiger partial charge in [0.05, 0.1) is 0 Å². The molecule has 1 aromatic carbocycles. The van der Waals surface area contributed by atoms with Gasteiger partial charge >= 0.3 is 0 Å². The first-order chi connectivity index (χ1) is 8.85. The summed E-state index contributed by atoms with van der Waals surface area (Å²) >= 11 is 0. The summed E-state index contributed by atoms with van der Waals surface area (Å²) in [4.78, 5) is 2.47. The molecule has 1 aliphatic rings. The topological polar surface area (TPSA) is 15.3 Å². The average molecular weight is 246 g/mol. The van der Waals surface area contributed by atoms with Gasteiger partial charge in [0.1, 0.15) is 0 Å². The van der Waals surface area contributed by atoms with Crippen molar-refractivity contribution < 1.29 is 0 Å². The van der Waals surface area contributed by atoms with E-state index in [1.807, 2.05) is 0 Å². The summed E-state index contributed by atoms with van der Waals surface area (Å²) in [7, 11) is 0. The molecule has 2 heteroatoms. The van der Waals surface area contributed by atoms with E-state index in [0.29, 0.717) is 0 Å². The highest BCUT2D eigenvalue weighted by Gasteiger charge is 2.37. The smallest absolute Gasteiger partial charge is 0.0107 e. The molecular weight excluding hydrogens is 220 g/mol. The Morgan fingerprint density at radius 1 is 1.17 bits per heavy atom. The second kappa shape index (κ2) is 6.91. The lowest BCUT2D eigenvalue weighted by Gasteiger charge is -2.17. The van der Waals surface area contributed by atoms with Crippen molar-refractivity contribution in [3.63, 3.8) is 0 Å². The van der Waals surface area contributed by atoms with Crippen LogP contribution < -0.4 is 5.32 Å². The van der Waals surface area contributed by atoms with Crippen molar-refractivity contribution in [3.05, 3.63) is 35.9 Å². The Kier molecular flexibility index (Phi) is 5.21. The van der Waals surface area contributed by atoms with E-state index in [1.54, 1.807) is 0 Å². The molecule has 2 nitrogen and oxygen atoms in total. The second-order valence-corrected chi connectivity index (χ2v) is 5.24. The van der Waals surface area contributed by atoms with Crippen molar-refractivity contribution in [1.29, 1.82) is 0 Å². The summed E-state index contributed by atoms with van der Waals surface area (Å²) in [5.41, 5.74) is 1.52. The van der Waals surface area contributed by atoms with E-state index in [0.717, 1.165) is 31.5 Å². The van der Waals surface area contributed by atoms with Gasteiger partial charge in [0.15, 0.2) is 0 Å². The molecule has 0 saturated heterocycles. The molecule has 0 spiro atoms. The molecule has 0 radical (unpaired) electrons. The maximum Gasteiger partial charge on any atom is 0.0107 e. The number of benzene rings is 1. The lowest BCUT2D eigenvalue weighted by atomic mass is 10.1. The molecule has 18 heavy (non-hydrogen) atoms. The zero-order chi connectivity index (χ0) is 12.8.